The molecule has 120 valence electrons. The summed E-state index contributed by atoms with van der Waals surface area (Å²) in [6.07, 6.45) is -4.39. The quantitative estimate of drug-likeness (QED) is 0.839. The molecule has 1 heterocycles. The van der Waals surface area contributed by atoms with Crippen LogP contribution in [-0.4, -0.2) is 38.8 Å². The molecule has 0 saturated carbocycles. The van der Waals surface area contributed by atoms with Gasteiger partial charge in [0.2, 0.25) is 0 Å². The van der Waals surface area contributed by atoms with Crippen molar-refractivity contribution in [3.63, 3.8) is 0 Å². The molecule has 0 aromatic carbocycles. The summed E-state index contributed by atoms with van der Waals surface area (Å²) in [5.74, 6) is 0.808. The molecule has 0 aliphatic heterocycles. The van der Waals surface area contributed by atoms with E-state index in [2.05, 4.69) is 10.3 Å². The smallest absolute Gasteiger partial charge is 0.383 e. The maximum Gasteiger partial charge on any atom is 0.416 e. The minimum Gasteiger partial charge on any atom is -0.383 e. The second-order valence-corrected chi connectivity index (χ2v) is 5.18. The summed E-state index contributed by atoms with van der Waals surface area (Å²) >= 11 is 0. The van der Waals surface area contributed by atoms with Gasteiger partial charge < -0.3 is 15.0 Å². The molecule has 0 aliphatic carbocycles. The number of aromatic nitrogens is 1. The van der Waals surface area contributed by atoms with Gasteiger partial charge in [-0.25, -0.2) is 4.98 Å². The Balaban J connectivity index is 3.16. The van der Waals surface area contributed by atoms with Gasteiger partial charge in [0.15, 0.2) is 0 Å². The number of hydrogen-bond acceptors (Lipinski definition) is 4. The lowest BCUT2D eigenvalue weighted by molar-refractivity contribution is -0.137. The maximum absolute atomic E-state index is 13.0. The monoisotopic (exact) mass is 305 g/mol. The Bertz CT molecular complexity index is 450. The molecule has 7 heteroatoms. The molecule has 21 heavy (non-hydrogen) atoms. The number of hydrogen-bond donors (Lipinski definition) is 1. The first kappa shape index (κ1) is 17.6. The van der Waals surface area contributed by atoms with Gasteiger partial charge in [0.25, 0.3) is 0 Å². The first-order chi connectivity index (χ1) is 9.77. The third-order valence-corrected chi connectivity index (χ3v) is 2.87. The summed E-state index contributed by atoms with van der Waals surface area (Å²) < 4.78 is 43.9. The Morgan fingerprint density at radius 3 is 2.48 bits per heavy atom. The van der Waals surface area contributed by atoms with E-state index in [0.29, 0.717) is 31.4 Å². The third kappa shape index (κ3) is 5.41. The van der Waals surface area contributed by atoms with Crippen LogP contribution in [0.25, 0.3) is 0 Å². The van der Waals surface area contributed by atoms with Gasteiger partial charge in [-0.15, -0.1) is 0 Å². The van der Waals surface area contributed by atoms with E-state index in [1.54, 1.807) is 14.2 Å². The molecule has 0 unspecified atom stereocenters. The maximum atomic E-state index is 13.0. The fourth-order valence-electron chi connectivity index (χ4n) is 1.91. The van der Waals surface area contributed by atoms with Crippen LogP contribution in [0.15, 0.2) is 12.1 Å². The fraction of sp³-hybridized carbons (Fsp3) is 0.643. The van der Waals surface area contributed by atoms with E-state index in [-0.39, 0.29) is 5.82 Å². The summed E-state index contributed by atoms with van der Waals surface area (Å²) in [7, 11) is 3.11. The minimum absolute atomic E-state index is 0.200. The molecular formula is C14H22F3N3O. The van der Waals surface area contributed by atoms with Gasteiger partial charge in [-0.3, -0.25) is 0 Å². The molecule has 1 aromatic rings. The number of rotatable bonds is 7. The Morgan fingerprint density at radius 2 is 2.00 bits per heavy atom. The second kappa shape index (κ2) is 7.49. The molecule has 0 radical (unpaired) electrons. The number of pyridine rings is 1. The zero-order valence-corrected chi connectivity index (χ0v) is 12.8. The molecule has 0 saturated heterocycles. The normalized spacial score (nSPS) is 11.8. The second-order valence-electron chi connectivity index (χ2n) is 5.18. The molecule has 0 atom stereocenters. The number of anilines is 2. The fourth-order valence-corrected chi connectivity index (χ4v) is 1.91. The Hall–Kier alpha value is -1.50. The molecule has 1 N–H and O–H groups in total. The summed E-state index contributed by atoms with van der Waals surface area (Å²) in [6, 6.07) is 2.09. The Kier molecular flexibility index (Phi) is 6.26. The average Bonchev–Trinajstić information content (AvgIpc) is 2.41. The van der Waals surface area contributed by atoms with E-state index in [0.717, 1.165) is 12.1 Å². The van der Waals surface area contributed by atoms with Crippen LogP contribution in [0.1, 0.15) is 19.4 Å². The first-order valence-corrected chi connectivity index (χ1v) is 6.78. The third-order valence-electron chi connectivity index (χ3n) is 2.87. The van der Waals surface area contributed by atoms with Crippen LogP contribution in [0.2, 0.25) is 0 Å². The van der Waals surface area contributed by atoms with Crippen molar-refractivity contribution < 1.29 is 17.9 Å². The van der Waals surface area contributed by atoms with E-state index in [4.69, 9.17) is 4.74 Å². The van der Waals surface area contributed by atoms with Gasteiger partial charge in [-0.05, 0) is 18.1 Å². The van der Waals surface area contributed by atoms with Gasteiger partial charge in [0.05, 0.1) is 12.2 Å². The highest BCUT2D eigenvalue weighted by atomic mass is 19.4. The largest absolute Gasteiger partial charge is 0.416 e. The highest BCUT2D eigenvalue weighted by molar-refractivity contribution is 5.51. The SMILES string of the molecule is CNc1cc(C(F)(F)F)cc(N(CCOC)CC(C)C)n1. The standard InChI is InChI=1S/C14H22F3N3O/c1-10(2)9-20(5-6-21-4)13-8-11(14(15,16)17)7-12(18-3)19-13/h7-8,10H,5-6,9H2,1-4H3,(H,18,19). The first-order valence-electron chi connectivity index (χ1n) is 6.78. The predicted octanol–water partition coefficient (Wildman–Crippen LogP) is 3.25. The Labute approximate surface area is 123 Å². The Morgan fingerprint density at radius 1 is 1.33 bits per heavy atom. The van der Waals surface area contributed by atoms with Crippen molar-refractivity contribution in [1.82, 2.24) is 4.98 Å². The molecule has 0 spiro atoms. The van der Waals surface area contributed by atoms with Crippen molar-refractivity contribution in [2.45, 2.75) is 20.0 Å². The highest BCUT2D eigenvalue weighted by Crippen LogP contribution is 2.33. The van der Waals surface area contributed by atoms with Crippen molar-refractivity contribution in [2.24, 2.45) is 5.92 Å². The van der Waals surface area contributed by atoms with Crippen LogP contribution in [0.3, 0.4) is 0 Å². The lowest BCUT2D eigenvalue weighted by Gasteiger charge is -2.26. The molecule has 0 aliphatic rings. The number of methoxy groups -OCH3 is 1. The van der Waals surface area contributed by atoms with Gasteiger partial charge in [0, 0.05) is 27.2 Å². The molecule has 0 fully saturated rings. The van der Waals surface area contributed by atoms with Crippen LogP contribution in [-0.2, 0) is 10.9 Å². The van der Waals surface area contributed by atoms with Gasteiger partial charge in [-0.2, -0.15) is 13.2 Å². The summed E-state index contributed by atoms with van der Waals surface area (Å²) in [5, 5.41) is 2.68. The minimum atomic E-state index is -4.39. The summed E-state index contributed by atoms with van der Waals surface area (Å²) in [4.78, 5) is 6.04. The average molecular weight is 305 g/mol. The lowest BCUT2D eigenvalue weighted by Crippen LogP contribution is -2.32. The van der Waals surface area contributed by atoms with Crippen LogP contribution < -0.4 is 10.2 Å². The van der Waals surface area contributed by atoms with E-state index in [1.807, 2.05) is 18.7 Å². The molecule has 1 aromatic heterocycles. The summed E-state index contributed by atoms with van der Waals surface area (Å²) in [6.45, 7) is 5.55. The van der Waals surface area contributed by atoms with E-state index < -0.39 is 11.7 Å². The van der Waals surface area contributed by atoms with Crippen LogP contribution in [0.5, 0.6) is 0 Å². The van der Waals surface area contributed by atoms with Crippen molar-refractivity contribution in [3.8, 4) is 0 Å². The number of nitrogens with one attached hydrogen (secondary N) is 1. The van der Waals surface area contributed by atoms with Crippen molar-refractivity contribution >= 4 is 11.6 Å². The lowest BCUT2D eigenvalue weighted by atomic mass is 10.2. The van der Waals surface area contributed by atoms with Crippen LogP contribution >= 0.6 is 0 Å². The zero-order valence-electron chi connectivity index (χ0n) is 12.8. The van der Waals surface area contributed by atoms with Crippen molar-refractivity contribution in [1.29, 1.82) is 0 Å². The number of halogens is 3. The van der Waals surface area contributed by atoms with Crippen molar-refractivity contribution in [3.05, 3.63) is 17.7 Å². The van der Waals surface area contributed by atoms with Gasteiger partial charge in [-0.1, -0.05) is 13.8 Å². The molecule has 1 rings (SSSR count). The molecule has 0 bridgehead atoms. The molecule has 0 amide bonds. The van der Waals surface area contributed by atoms with Gasteiger partial charge >= 0.3 is 6.18 Å². The predicted molar refractivity (Wildman–Crippen MR) is 77.7 cm³/mol. The van der Waals surface area contributed by atoms with Crippen LogP contribution in [0.4, 0.5) is 24.8 Å². The highest BCUT2D eigenvalue weighted by Gasteiger charge is 2.32. The number of nitrogens with zero attached hydrogens (tertiary/aromatic N) is 2. The summed E-state index contributed by atoms with van der Waals surface area (Å²) in [5.41, 5.74) is -0.706. The van der Waals surface area contributed by atoms with Gasteiger partial charge in [0.1, 0.15) is 11.6 Å². The van der Waals surface area contributed by atoms with E-state index in [1.165, 1.54) is 0 Å². The van der Waals surface area contributed by atoms with E-state index >= 15 is 0 Å². The molecular weight excluding hydrogens is 283 g/mol. The molecule has 4 nitrogen and oxygen atoms in total. The van der Waals surface area contributed by atoms with Crippen molar-refractivity contribution in [2.75, 3.05) is 44.1 Å². The van der Waals surface area contributed by atoms with Crippen LogP contribution in [0, 0.1) is 5.92 Å². The zero-order chi connectivity index (χ0) is 16.0. The number of alkyl halides is 3. The number of ether oxygens (including phenoxy) is 1. The topological polar surface area (TPSA) is 37.4 Å². The van der Waals surface area contributed by atoms with E-state index in [9.17, 15) is 13.2 Å².